The zero-order valence-electron chi connectivity index (χ0n) is 16.5. The molecule has 4 rings (SSSR count). The third-order valence-electron chi connectivity index (χ3n) is 4.51. The van der Waals surface area contributed by atoms with E-state index in [9.17, 15) is 10.1 Å². The van der Waals surface area contributed by atoms with Crippen molar-refractivity contribution in [2.75, 3.05) is 0 Å². The van der Waals surface area contributed by atoms with Gasteiger partial charge in [0.1, 0.15) is 12.4 Å². The lowest BCUT2D eigenvalue weighted by Crippen LogP contribution is -2.00. The fourth-order valence-electron chi connectivity index (χ4n) is 2.92. The van der Waals surface area contributed by atoms with Gasteiger partial charge in [-0.2, -0.15) is 14.9 Å². The van der Waals surface area contributed by atoms with Gasteiger partial charge in [0, 0.05) is 27.7 Å². The highest BCUT2D eigenvalue weighted by atomic mass is 79.9. The van der Waals surface area contributed by atoms with Crippen molar-refractivity contribution >= 4 is 40.0 Å². The second-order valence-electron chi connectivity index (χ2n) is 6.67. The average Bonchev–Trinajstić information content (AvgIpc) is 3.18. The first-order valence-corrected chi connectivity index (χ1v) is 10.6. The van der Waals surface area contributed by atoms with Crippen molar-refractivity contribution < 1.29 is 9.66 Å². The first-order valence-electron chi connectivity index (χ1n) is 9.44. The molecule has 1 heterocycles. The van der Waals surface area contributed by atoms with E-state index in [1.54, 1.807) is 23.0 Å². The van der Waals surface area contributed by atoms with Crippen LogP contribution in [-0.2, 0) is 6.61 Å². The number of non-ortho nitro benzene ring substituents is 1. The Bertz CT molecular complexity index is 1330. The minimum Gasteiger partial charge on any atom is -0.488 e. The number of nitrogens with zero attached hydrogens (tertiary/aromatic N) is 4. The predicted molar refractivity (Wildman–Crippen MR) is 127 cm³/mol. The number of nitro groups is 1. The van der Waals surface area contributed by atoms with Crippen LogP contribution < -0.4 is 4.74 Å². The molecule has 1 N–H and O–H groups in total. The number of hydrogen-bond acceptors (Lipinski definition) is 6. The Morgan fingerprint density at radius 2 is 1.91 bits per heavy atom. The van der Waals surface area contributed by atoms with Crippen molar-refractivity contribution in [2.45, 2.75) is 6.61 Å². The summed E-state index contributed by atoms with van der Waals surface area (Å²) in [5.74, 6) is 1.20. The zero-order chi connectivity index (χ0) is 22.5. The summed E-state index contributed by atoms with van der Waals surface area (Å²) in [5.41, 5.74) is 2.45. The van der Waals surface area contributed by atoms with Gasteiger partial charge in [-0.1, -0.05) is 46.3 Å². The highest BCUT2D eigenvalue weighted by Crippen LogP contribution is 2.24. The Morgan fingerprint density at radius 1 is 1.16 bits per heavy atom. The molecular formula is C22H16BrN5O3S. The molecule has 0 fully saturated rings. The summed E-state index contributed by atoms with van der Waals surface area (Å²) in [4.78, 5) is 10.4. The number of aromatic amines is 1. The Kier molecular flexibility index (Phi) is 6.52. The highest BCUT2D eigenvalue weighted by molar-refractivity contribution is 9.10. The maximum atomic E-state index is 10.8. The van der Waals surface area contributed by atoms with Gasteiger partial charge in [0.2, 0.25) is 4.77 Å². The monoisotopic (exact) mass is 509 g/mol. The smallest absolute Gasteiger partial charge is 0.269 e. The van der Waals surface area contributed by atoms with Gasteiger partial charge in [-0.25, -0.2) is 5.10 Å². The molecular weight excluding hydrogens is 494 g/mol. The Labute approximate surface area is 196 Å². The minimum absolute atomic E-state index is 0.0382. The molecule has 0 unspecified atom stereocenters. The number of ether oxygens (including phenoxy) is 1. The fraction of sp³-hybridized carbons (Fsp3) is 0.0455. The number of rotatable bonds is 7. The number of benzene rings is 3. The number of hydrogen-bond donors (Lipinski definition) is 1. The van der Waals surface area contributed by atoms with Gasteiger partial charge in [-0.15, -0.1) is 0 Å². The van der Waals surface area contributed by atoms with E-state index in [0.29, 0.717) is 16.3 Å². The summed E-state index contributed by atoms with van der Waals surface area (Å²) in [5, 5.41) is 22.4. The SMILES string of the molecule is O=[N+]([O-])c1ccc(COc2ccc(Br)cc2/C=N\n2c(-c3ccccc3)n[nH]c2=S)cc1. The molecule has 0 radical (unpaired) electrons. The summed E-state index contributed by atoms with van der Waals surface area (Å²) >= 11 is 8.80. The quantitative estimate of drug-likeness (QED) is 0.148. The molecule has 0 saturated heterocycles. The lowest BCUT2D eigenvalue weighted by molar-refractivity contribution is -0.384. The first-order chi connectivity index (χ1) is 15.5. The molecule has 0 atom stereocenters. The molecule has 10 heteroatoms. The topological polar surface area (TPSA) is 98.3 Å². The average molecular weight is 510 g/mol. The molecule has 0 amide bonds. The van der Waals surface area contributed by atoms with Crippen LogP contribution in [0.5, 0.6) is 5.75 Å². The molecule has 160 valence electrons. The normalized spacial score (nSPS) is 11.0. The second kappa shape index (κ2) is 9.67. The van der Waals surface area contributed by atoms with E-state index < -0.39 is 4.92 Å². The third-order valence-corrected chi connectivity index (χ3v) is 5.27. The lowest BCUT2D eigenvalue weighted by atomic mass is 10.2. The number of H-pyrrole nitrogens is 1. The van der Waals surface area contributed by atoms with Crippen LogP contribution in [0, 0.1) is 14.9 Å². The van der Waals surface area contributed by atoms with Crippen LogP contribution in [0.4, 0.5) is 5.69 Å². The lowest BCUT2D eigenvalue weighted by Gasteiger charge is -2.10. The van der Waals surface area contributed by atoms with Crippen LogP contribution in [-0.4, -0.2) is 26.0 Å². The molecule has 1 aromatic heterocycles. The van der Waals surface area contributed by atoms with Crippen LogP contribution >= 0.6 is 28.1 Å². The van der Waals surface area contributed by atoms with Crippen molar-refractivity contribution in [1.82, 2.24) is 14.9 Å². The van der Waals surface area contributed by atoms with E-state index in [2.05, 4.69) is 31.2 Å². The van der Waals surface area contributed by atoms with Crippen LogP contribution in [0.1, 0.15) is 11.1 Å². The van der Waals surface area contributed by atoms with Crippen LogP contribution in [0.2, 0.25) is 0 Å². The largest absolute Gasteiger partial charge is 0.488 e. The number of halogens is 1. The van der Waals surface area contributed by atoms with Gasteiger partial charge in [0.25, 0.3) is 5.69 Å². The van der Waals surface area contributed by atoms with Crippen molar-refractivity contribution in [1.29, 1.82) is 0 Å². The van der Waals surface area contributed by atoms with Crippen molar-refractivity contribution in [3.8, 4) is 17.1 Å². The van der Waals surface area contributed by atoms with Crippen LogP contribution in [0.15, 0.2) is 82.4 Å². The number of aromatic nitrogens is 3. The molecule has 4 aromatic rings. The van der Waals surface area contributed by atoms with Crippen LogP contribution in [0.3, 0.4) is 0 Å². The second-order valence-corrected chi connectivity index (χ2v) is 7.97. The molecule has 0 aliphatic heterocycles. The summed E-state index contributed by atoms with van der Waals surface area (Å²) in [6, 6.07) is 21.4. The molecule has 0 aliphatic rings. The fourth-order valence-corrected chi connectivity index (χ4v) is 3.48. The maximum absolute atomic E-state index is 10.8. The van der Waals surface area contributed by atoms with E-state index in [-0.39, 0.29) is 12.3 Å². The van der Waals surface area contributed by atoms with Gasteiger partial charge < -0.3 is 4.74 Å². The zero-order valence-corrected chi connectivity index (χ0v) is 18.9. The molecule has 0 saturated carbocycles. The Balaban J connectivity index is 1.58. The van der Waals surface area contributed by atoms with E-state index in [0.717, 1.165) is 21.2 Å². The third kappa shape index (κ3) is 4.98. The predicted octanol–water partition coefficient (Wildman–Crippen LogP) is 5.74. The first kappa shape index (κ1) is 21.6. The molecule has 0 aliphatic carbocycles. The van der Waals surface area contributed by atoms with Gasteiger partial charge in [0.05, 0.1) is 11.1 Å². The molecule has 3 aromatic carbocycles. The molecule has 32 heavy (non-hydrogen) atoms. The van der Waals surface area contributed by atoms with Gasteiger partial charge >= 0.3 is 0 Å². The standard InChI is InChI=1S/C22H16BrN5O3S/c23-18-8-11-20(31-14-15-6-9-19(10-7-15)28(29)30)17(12-18)13-24-27-21(25-26-22(27)32)16-4-2-1-3-5-16/h1-13H,14H2,(H,26,32)/b24-13-. The van der Waals surface area contributed by atoms with E-state index in [1.165, 1.54) is 12.1 Å². The van der Waals surface area contributed by atoms with Crippen LogP contribution in [0.25, 0.3) is 11.4 Å². The Morgan fingerprint density at radius 3 is 2.62 bits per heavy atom. The van der Waals surface area contributed by atoms with Gasteiger partial charge in [-0.3, -0.25) is 10.1 Å². The summed E-state index contributed by atoms with van der Waals surface area (Å²) in [6.07, 6.45) is 1.65. The van der Waals surface area contributed by atoms with Crippen molar-refractivity contribution in [3.05, 3.63) is 103 Å². The summed E-state index contributed by atoms with van der Waals surface area (Å²) in [6.45, 7) is 0.251. The van der Waals surface area contributed by atoms with E-state index in [4.69, 9.17) is 17.0 Å². The molecule has 8 nitrogen and oxygen atoms in total. The minimum atomic E-state index is -0.432. The maximum Gasteiger partial charge on any atom is 0.269 e. The number of nitro benzene ring substituents is 1. The van der Waals surface area contributed by atoms with E-state index >= 15 is 0 Å². The highest BCUT2D eigenvalue weighted by Gasteiger charge is 2.09. The van der Waals surface area contributed by atoms with Gasteiger partial charge in [-0.05, 0) is 48.1 Å². The number of nitrogens with one attached hydrogen (secondary N) is 1. The van der Waals surface area contributed by atoms with E-state index in [1.807, 2.05) is 48.5 Å². The molecule has 0 bridgehead atoms. The molecule has 0 spiro atoms. The van der Waals surface area contributed by atoms with Gasteiger partial charge in [0.15, 0.2) is 5.82 Å². The summed E-state index contributed by atoms with van der Waals surface area (Å²) < 4.78 is 8.73. The Hall–Kier alpha value is -3.63. The van der Waals surface area contributed by atoms with Crippen molar-refractivity contribution in [3.63, 3.8) is 0 Å². The summed E-state index contributed by atoms with van der Waals surface area (Å²) in [7, 11) is 0. The van der Waals surface area contributed by atoms with Crippen molar-refractivity contribution in [2.24, 2.45) is 5.10 Å².